The van der Waals surface area contributed by atoms with Gasteiger partial charge in [0.2, 0.25) is 0 Å². The van der Waals surface area contributed by atoms with Crippen molar-refractivity contribution in [2.45, 2.75) is 19.8 Å². The molecule has 0 aliphatic rings. The molecule has 16 heavy (non-hydrogen) atoms. The van der Waals surface area contributed by atoms with Crippen LogP contribution in [0.25, 0.3) is 5.69 Å². The summed E-state index contributed by atoms with van der Waals surface area (Å²) in [4.78, 5) is 4.33. The average molecular weight is 236 g/mol. The number of hydrogen-bond acceptors (Lipinski definition) is 2. The zero-order valence-electron chi connectivity index (χ0n) is 9.31. The van der Waals surface area contributed by atoms with E-state index in [1.807, 2.05) is 22.9 Å². The van der Waals surface area contributed by atoms with Crippen LogP contribution in [0.1, 0.15) is 25.5 Å². The third-order valence-corrected chi connectivity index (χ3v) is 2.75. The number of halogens is 1. The first-order valence-corrected chi connectivity index (χ1v) is 5.55. The van der Waals surface area contributed by atoms with Gasteiger partial charge in [0, 0.05) is 11.9 Å². The highest BCUT2D eigenvalue weighted by molar-refractivity contribution is 6.32. The predicted octanol–water partition coefficient (Wildman–Crippen LogP) is 3.23. The summed E-state index contributed by atoms with van der Waals surface area (Å²) in [6.45, 7) is 4.22. The SMILES string of the molecule is CC(C)c1cn(-c2ccc(N)cc2Cl)cn1. The summed E-state index contributed by atoms with van der Waals surface area (Å²) in [5.41, 5.74) is 8.26. The van der Waals surface area contributed by atoms with Gasteiger partial charge in [0.25, 0.3) is 0 Å². The number of anilines is 1. The Morgan fingerprint density at radius 1 is 1.38 bits per heavy atom. The van der Waals surface area contributed by atoms with Gasteiger partial charge in [0.05, 0.1) is 22.7 Å². The summed E-state index contributed by atoms with van der Waals surface area (Å²) in [7, 11) is 0. The van der Waals surface area contributed by atoms with Crippen LogP contribution in [-0.2, 0) is 0 Å². The standard InChI is InChI=1S/C12H14ClN3/c1-8(2)11-6-16(7-15-11)12-4-3-9(14)5-10(12)13/h3-8H,14H2,1-2H3. The van der Waals surface area contributed by atoms with Crippen molar-refractivity contribution >= 4 is 17.3 Å². The molecule has 1 aromatic heterocycles. The van der Waals surface area contributed by atoms with E-state index in [1.54, 1.807) is 12.4 Å². The van der Waals surface area contributed by atoms with Crippen LogP contribution in [0.5, 0.6) is 0 Å². The van der Waals surface area contributed by atoms with Crippen molar-refractivity contribution in [2.75, 3.05) is 5.73 Å². The van der Waals surface area contributed by atoms with Gasteiger partial charge in [-0.2, -0.15) is 0 Å². The van der Waals surface area contributed by atoms with E-state index in [2.05, 4.69) is 18.8 Å². The van der Waals surface area contributed by atoms with Crippen LogP contribution in [0.3, 0.4) is 0 Å². The second-order valence-corrected chi connectivity index (χ2v) is 4.48. The van der Waals surface area contributed by atoms with Crippen LogP contribution in [0.2, 0.25) is 5.02 Å². The first-order valence-electron chi connectivity index (χ1n) is 5.17. The van der Waals surface area contributed by atoms with Crippen molar-refractivity contribution < 1.29 is 0 Å². The van der Waals surface area contributed by atoms with Crippen LogP contribution >= 0.6 is 11.6 Å². The third kappa shape index (κ3) is 2.04. The first kappa shape index (κ1) is 11.0. The van der Waals surface area contributed by atoms with E-state index in [9.17, 15) is 0 Å². The minimum atomic E-state index is 0.411. The van der Waals surface area contributed by atoms with Gasteiger partial charge in [-0.1, -0.05) is 25.4 Å². The van der Waals surface area contributed by atoms with Crippen LogP contribution in [0.4, 0.5) is 5.69 Å². The fourth-order valence-corrected chi connectivity index (χ4v) is 1.79. The lowest BCUT2D eigenvalue weighted by Gasteiger charge is -2.05. The maximum Gasteiger partial charge on any atom is 0.0995 e. The number of imidazole rings is 1. The van der Waals surface area contributed by atoms with Gasteiger partial charge >= 0.3 is 0 Å². The van der Waals surface area contributed by atoms with E-state index in [0.717, 1.165) is 11.4 Å². The van der Waals surface area contributed by atoms with Gasteiger partial charge in [0.15, 0.2) is 0 Å². The van der Waals surface area contributed by atoms with Crippen LogP contribution < -0.4 is 5.73 Å². The zero-order valence-corrected chi connectivity index (χ0v) is 10.1. The molecule has 0 saturated heterocycles. The van der Waals surface area contributed by atoms with Gasteiger partial charge < -0.3 is 10.3 Å². The Labute approximate surface area is 99.9 Å². The van der Waals surface area contributed by atoms with Crippen molar-refractivity contribution in [1.82, 2.24) is 9.55 Å². The molecule has 0 atom stereocenters. The molecular weight excluding hydrogens is 222 g/mol. The predicted molar refractivity (Wildman–Crippen MR) is 67.1 cm³/mol. The van der Waals surface area contributed by atoms with Crippen LogP contribution in [0.15, 0.2) is 30.7 Å². The molecule has 1 aromatic carbocycles. The Balaban J connectivity index is 2.42. The minimum absolute atomic E-state index is 0.411. The zero-order chi connectivity index (χ0) is 11.7. The Morgan fingerprint density at radius 2 is 2.12 bits per heavy atom. The molecule has 0 bridgehead atoms. The summed E-state index contributed by atoms with van der Waals surface area (Å²) in [6, 6.07) is 5.46. The van der Waals surface area contributed by atoms with Crippen molar-refractivity contribution in [1.29, 1.82) is 0 Å². The third-order valence-electron chi connectivity index (χ3n) is 2.44. The number of benzene rings is 1. The molecule has 0 fully saturated rings. The number of rotatable bonds is 2. The fourth-order valence-electron chi connectivity index (χ4n) is 1.50. The smallest absolute Gasteiger partial charge is 0.0995 e. The van der Waals surface area contributed by atoms with Crippen LogP contribution in [0, 0.1) is 0 Å². The highest BCUT2D eigenvalue weighted by atomic mass is 35.5. The van der Waals surface area contributed by atoms with Gasteiger partial charge in [0.1, 0.15) is 0 Å². The van der Waals surface area contributed by atoms with Gasteiger partial charge in [-0.25, -0.2) is 4.98 Å². The topological polar surface area (TPSA) is 43.8 Å². The second-order valence-electron chi connectivity index (χ2n) is 4.07. The average Bonchev–Trinajstić information content (AvgIpc) is 2.66. The molecule has 2 aromatic rings. The van der Waals surface area contributed by atoms with Crippen molar-refractivity contribution in [3.63, 3.8) is 0 Å². The lowest BCUT2D eigenvalue weighted by molar-refractivity contribution is 0.831. The Morgan fingerprint density at radius 3 is 2.69 bits per heavy atom. The highest BCUT2D eigenvalue weighted by Crippen LogP contribution is 2.24. The molecular formula is C12H14ClN3. The largest absolute Gasteiger partial charge is 0.399 e. The number of nitrogens with two attached hydrogens (primary N) is 1. The number of nitrogen functional groups attached to an aromatic ring is 1. The van der Waals surface area contributed by atoms with Gasteiger partial charge in [-0.15, -0.1) is 0 Å². The molecule has 0 aliphatic heterocycles. The van der Waals surface area contributed by atoms with Crippen molar-refractivity contribution in [2.24, 2.45) is 0 Å². The Hall–Kier alpha value is -1.48. The molecule has 3 nitrogen and oxygen atoms in total. The van der Waals surface area contributed by atoms with E-state index < -0.39 is 0 Å². The molecule has 4 heteroatoms. The normalized spacial score (nSPS) is 11.0. The van der Waals surface area contributed by atoms with Gasteiger partial charge in [-0.05, 0) is 24.1 Å². The number of nitrogens with zero attached hydrogens (tertiary/aromatic N) is 2. The van der Waals surface area contributed by atoms with E-state index in [4.69, 9.17) is 17.3 Å². The van der Waals surface area contributed by atoms with E-state index in [-0.39, 0.29) is 0 Å². The molecule has 84 valence electrons. The Bertz CT molecular complexity index is 503. The molecule has 0 saturated carbocycles. The summed E-state index contributed by atoms with van der Waals surface area (Å²) < 4.78 is 1.91. The minimum Gasteiger partial charge on any atom is -0.399 e. The maximum atomic E-state index is 6.12. The van der Waals surface area contributed by atoms with E-state index in [1.165, 1.54) is 0 Å². The van der Waals surface area contributed by atoms with E-state index >= 15 is 0 Å². The summed E-state index contributed by atoms with van der Waals surface area (Å²) in [6.07, 6.45) is 3.76. The van der Waals surface area contributed by atoms with Gasteiger partial charge in [-0.3, -0.25) is 0 Å². The number of hydrogen-bond donors (Lipinski definition) is 1. The monoisotopic (exact) mass is 235 g/mol. The molecule has 1 heterocycles. The quantitative estimate of drug-likeness (QED) is 0.813. The molecule has 2 N–H and O–H groups in total. The van der Waals surface area contributed by atoms with E-state index in [0.29, 0.717) is 16.6 Å². The summed E-state index contributed by atoms with van der Waals surface area (Å²) in [5, 5.41) is 0.632. The lowest BCUT2D eigenvalue weighted by atomic mass is 10.2. The van der Waals surface area contributed by atoms with Crippen LogP contribution in [-0.4, -0.2) is 9.55 Å². The lowest BCUT2D eigenvalue weighted by Crippen LogP contribution is -1.93. The molecule has 0 spiro atoms. The first-order chi connectivity index (χ1) is 7.58. The molecule has 2 rings (SSSR count). The maximum absolute atomic E-state index is 6.12. The highest BCUT2D eigenvalue weighted by Gasteiger charge is 2.07. The Kier molecular flexibility index (Phi) is 2.88. The molecule has 0 aliphatic carbocycles. The summed E-state index contributed by atoms with van der Waals surface area (Å²) >= 11 is 6.12. The molecule has 0 amide bonds. The molecule has 0 unspecified atom stereocenters. The second kappa shape index (κ2) is 4.18. The fraction of sp³-hybridized carbons (Fsp3) is 0.250. The number of aromatic nitrogens is 2. The summed E-state index contributed by atoms with van der Waals surface area (Å²) in [5.74, 6) is 0.411. The molecule has 0 radical (unpaired) electrons. The van der Waals surface area contributed by atoms with Crippen molar-refractivity contribution in [3.8, 4) is 5.69 Å². The van der Waals surface area contributed by atoms with Crippen molar-refractivity contribution in [3.05, 3.63) is 41.4 Å².